The summed E-state index contributed by atoms with van der Waals surface area (Å²) in [5, 5.41) is 0. The minimum Gasteiger partial charge on any atom is -1.00 e. The topological polar surface area (TPSA) is 61.4 Å². The highest BCUT2D eigenvalue weighted by Crippen LogP contribution is 2.26. The Bertz CT molecular complexity index is 1150. The van der Waals surface area contributed by atoms with Crippen molar-refractivity contribution in [2.75, 3.05) is 14.2 Å². The molecular formula is C24H21ClN2O4. The lowest BCUT2D eigenvalue weighted by Crippen LogP contribution is -3.00. The summed E-state index contributed by atoms with van der Waals surface area (Å²) in [4.78, 5) is 24.9. The second kappa shape index (κ2) is 9.02. The molecule has 0 unspecified atom stereocenters. The zero-order chi connectivity index (χ0) is 21.3. The van der Waals surface area contributed by atoms with E-state index in [1.165, 1.54) is 14.2 Å². The summed E-state index contributed by atoms with van der Waals surface area (Å²) in [6.45, 7) is 2.00. The van der Waals surface area contributed by atoms with E-state index >= 15 is 0 Å². The van der Waals surface area contributed by atoms with Crippen molar-refractivity contribution < 1.29 is 36.0 Å². The van der Waals surface area contributed by atoms with E-state index in [9.17, 15) is 9.59 Å². The molecule has 3 aromatic carbocycles. The lowest BCUT2D eigenvalue weighted by Gasteiger charge is -2.06. The van der Waals surface area contributed by atoms with Gasteiger partial charge in [-0.05, 0) is 24.3 Å². The maximum Gasteiger partial charge on any atom is 0.338 e. The summed E-state index contributed by atoms with van der Waals surface area (Å²) in [6.07, 6.45) is 0. The first-order valence-electron chi connectivity index (χ1n) is 9.45. The number of fused-ring (bicyclic) bond motifs is 1. The van der Waals surface area contributed by atoms with Gasteiger partial charge in [-0.25, -0.2) is 9.59 Å². The van der Waals surface area contributed by atoms with Crippen LogP contribution in [0.5, 0.6) is 0 Å². The largest absolute Gasteiger partial charge is 1.00 e. The molecule has 1 heterocycles. The summed E-state index contributed by atoms with van der Waals surface area (Å²) < 4.78 is 14.0. The Morgan fingerprint density at radius 1 is 0.806 bits per heavy atom. The summed E-state index contributed by atoms with van der Waals surface area (Å²) in [7, 11) is 2.58. The summed E-state index contributed by atoms with van der Waals surface area (Å²) in [5.74, 6) is -0.274. The van der Waals surface area contributed by atoms with Crippen LogP contribution in [0.15, 0.2) is 72.8 Å². The lowest BCUT2D eigenvalue weighted by atomic mass is 10.1. The molecule has 0 fully saturated rings. The van der Waals surface area contributed by atoms with Crippen LogP contribution >= 0.6 is 0 Å². The van der Waals surface area contributed by atoms with E-state index in [4.69, 9.17) is 9.47 Å². The van der Waals surface area contributed by atoms with Crippen molar-refractivity contribution in [3.8, 4) is 11.4 Å². The Hall–Kier alpha value is -3.64. The van der Waals surface area contributed by atoms with Gasteiger partial charge in [0.1, 0.15) is 11.4 Å². The summed E-state index contributed by atoms with van der Waals surface area (Å²) in [6, 6.07) is 23.1. The Morgan fingerprint density at radius 3 is 1.87 bits per heavy atom. The van der Waals surface area contributed by atoms with E-state index in [1.54, 1.807) is 12.1 Å². The maximum absolute atomic E-state index is 12.5. The smallest absolute Gasteiger partial charge is 0.338 e. The zero-order valence-electron chi connectivity index (χ0n) is 17.3. The van der Waals surface area contributed by atoms with Crippen molar-refractivity contribution in [2.24, 2.45) is 0 Å². The number of nitrogens with zero attached hydrogens (tertiary/aromatic N) is 2. The molecule has 0 aliphatic carbocycles. The van der Waals surface area contributed by atoms with Crippen LogP contribution in [0.1, 0.15) is 26.5 Å². The zero-order valence-corrected chi connectivity index (χ0v) is 18.1. The number of para-hydroxylation sites is 2. The minimum atomic E-state index is -0.595. The van der Waals surface area contributed by atoms with E-state index in [-0.39, 0.29) is 23.5 Å². The van der Waals surface area contributed by atoms with Gasteiger partial charge in [-0.1, -0.05) is 36.4 Å². The molecule has 0 saturated carbocycles. The van der Waals surface area contributed by atoms with Crippen LogP contribution in [0.3, 0.4) is 0 Å². The number of halogens is 1. The standard InChI is InChI=1S/C24H21N2O4.ClH/c1-16-25(17-10-6-4-7-11-17)21-14-19(23(27)29-2)20(24(28)30-3)15-22(21)26(16)18-12-8-5-9-13-18;/h4-15H,1-3H3;1H/q+1;/p-1. The highest BCUT2D eigenvalue weighted by atomic mass is 35.5. The molecule has 4 rings (SSSR count). The first-order valence-corrected chi connectivity index (χ1v) is 9.45. The van der Waals surface area contributed by atoms with Gasteiger partial charge in [0, 0.05) is 19.1 Å². The maximum atomic E-state index is 12.5. The van der Waals surface area contributed by atoms with Crippen molar-refractivity contribution in [3.63, 3.8) is 0 Å². The molecule has 1 aromatic heterocycles. The molecule has 0 bridgehead atoms. The number of rotatable bonds is 4. The number of aromatic nitrogens is 2. The van der Waals surface area contributed by atoms with Crippen LogP contribution in [0.2, 0.25) is 0 Å². The number of carbonyl (C=O) groups excluding carboxylic acids is 2. The van der Waals surface area contributed by atoms with Crippen molar-refractivity contribution in [1.82, 2.24) is 4.57 Å². The van der Waals surface area contributed by atoms with Crippen LogP contribution < -0.4 is 17.0 Å². The SMILES string of the molecule is COC(=O)c1cc2c(cc1C(=O)OC)[n+](-c1ccccc1)c(C)n2-c1ccccc1.[Cl-]. The van der Waals surface area contributed by atoms with Crippen molar-refractivity contribution in [2.45, 2.75) is 6.92 Å². The monoisotopic (exact) mass is 436 g/mol. The van der Waals surface area contributed by atoms with Crippen molar-refractivity contribution >= 4 is 23.0 Å². The number of methoxy groups -OCH3 is 2. The van der Waals surface area contributed by atoms with Gasteiger partial charge in [-0.3, -0.25) is 0 Å². The fourth-order valence-corrected chi connectivity index (χ4v) is 3.75. The second-order valence-electron chi connectivity index (χ2n) is 6.76. The average molecular weight is 437 g/mol. The third-order valence-electron chi connectivity index (χ3n) is 5.08. The highest BCUT2D eigenvalue weighted by molar-refractivity contribution is 6.06. The first kappa shape index (κ1) is 22.1. The van der Waals surface area contributed by atoms with Crippen LogP contribution in [-0.2, 0) is 9.47 Å². The molecule has 0 atom stereocenters. The lowest BCUT2D eigenvalue weighted by molar-refractivity contribution is -0.575. The van der Waals surface area contributed by atoms with Gasteiger partial charge in [0.15, 0.2) is 11.0 Å². The average Bonchev–Trinajstić information content (AvgIpc) is 3.09. The molecule has 31 heavy (non-hydrogen) atoms. The third kappa shape index (κ3) is 3.78. The number of ether oxygens (including phenoxy) is 2. The molecule has 6 nitrogen and oxygen atoms in total. The first-order chi connectivity index (χ1) is 14.6. The number of carbonyl (C=O) groups is 2. The molecule has 0 saturated heterocycles. The Balaban J connectivity index is 0.00000272. The van der Waals surface area contributed by atoms with E-state index < -0.39 is 11.9 Å². The fraction of sp³-hybridized carbons (Fsp3) is 0.125. The number of hydrogen-bond donors (Lipinski definition) is 0. The number of benzene rings is 3. The number of esters is 2. The van der Waals surface area contributed by atoms with Gasteiger partial charge in [-0.15, -0.1) is 0 Å². The van der Waals surface area contributed by atoms with Gasteiger partial charge in [0.2, 0.25) is 0 Å². The molecule has 0 aliphatic rings. The summed E-state index contributed by atoms with van der Waals surface area (Å²) in [5.41, 5.74) is 3.75. The van der Waals surface area contributed by atoms with Gasteiger partial charge in [0.25, 0.3) is 5.82 Å². The van der Waals surface area contributed by atoms with Crippen LogP contribution in [0.25, 0.3) is 22.4 Å². The molecule has 0 amide bonds. The Kier molecular flexibility index (Phi) is 6.42. The summed E-state index contributed by atoms with van der Waals surface area (Å²) >= 11 is 0. The van der Waals surface area contributed by atoms with Gasteiger partial charge in [-0.2, -0.15) is 9.13 Å². The third-order valence-corrected chi connectivity index (χ3v) is 5.08. The molecule has 0 radical (unpaired) electrons. The quantitative estimate of drug-likeness (QED) is 0.350. The molecule has 0 spiro atoms. The van der Waals surface area contributed by atoms with Crippen LogP contribution in [0.4, 0.5) is 0 Å². The van der Waals surface area contributed by atoms with Gasteiger partial charge in [0.05, 0.1) is 25.3 Å². The normalized spacial score (nSPS) is 10.4. The van der Waals surface area contributed by atoms with Crippen molar-refractivity contribution in [3.05, 3.63) is 89.7 Å². The Morgan fingerprint density at radius 2 is 1.32 bits per heavy atom. The predicted molar refractivity (Wildman–Crippen MR) is 112 cm³/mol. The highest BCUT2D eigenvalue weighted by Gasteiger charge is 2.29. The van der Waals surface area contributed by atoms with E-state index in [0.29, 0.717) is 0 Å². The number of hydrogen-bond acceptors (Lipinski definition) is 4. The molecule has 0 aliphatic heterocycles. The molecule has 7 heteroatoms. The van der Waals surface area contributed by atoms with Gasteiger partial charge >= 0.3 is 11.9 Å². The minimum absolute atomic E-state index is 0. The Labute approximate surface area is 186 Å². The fourth-order valence-electron chi connectivity index (χ4n) is 3.75. The van der Waals surface area contributed by atoms with Crippen molar-refractivity contribution in [1.29, 1.82) is 0 Å². The second-order valence-corrected chi connectivity index (χ2v) is 6.76. The van der Waals surface area contributed by atoms with E-state index in [1.807, 2.05) is 67.6 Å². The van der Waals surface area contributed by atoms with Crippen LogP contribution in [-0.4, -0.2) is 30.7 Å². The van der Waals surface area contributed by atoms with E-state index in [0.717, 1.165) is 28.2 Å². The van der Waals surface area contributed by atoms with Crippen LogP contribution in [0, 0.1) is 6.92 Å². The molecule has 158 valence electrons. The molecular weight excluding hydrogens is 416 g/mol. The molecule has 4 aromatic rings. The van der Waals surface area contributed by atoms with Gasteiger partial charge < -0.3 is 21.9 Å². The van der Waals surface area contributed by atoms with E-state index in [2.05, 4.69) is 9.13 Å². The number of imidazole rings is 1. The molecule has 0 N–H and O–H groups in total. The predicted octanol–water partition coefficient (Wildman–Crippen LogP) is 0.793.